The van der Waals surface area contributed by atoms with Crippen LogP contribution in [0.2, 0.25) is 0 Å². The highest BCUT2D eigenvalue weighted by molar-refractivity contribution is 5.33. The molecule has 106 valence electrons. The van der Waals surface area contributed by atoms with Crippen molar-refractivity contribution in [2.24, 2.45) is 5.92 Å². The number of aliphatic hydroxyl groups excluding tert-OH is 1. The van der Waals surface area contributed by atoms with Crippen molar-refractivity contribution in [1.82, 2.24) is 5.32 Å². The third-order valence-electron chi connectivity index (χ3n) is 3.99. The van der Waals surface area contributed by atoms with Crippen LogP contribution in [0, 0.1) is 5.92 Å². The third-order valence-corrected chi connectivity index (χ3v) is 3.99. The van der Waals surface area contributed by atoms with Gasteiger partial charge in [0.1, 0.15) is 5.75 Å². The molecule has 0 bridgehead atoms. The van der Waals surface area contributed by atoms with E-state index in [2.05, 4.69) is 24.4 Å². The number of hydrogen-bond acceptors (Lipinski definition) is 3. The van der Waals surface area contributed by atoms with Crippen LogP contribution in [0.4, 0.5) is 0 Å². The standard InChI is InChI=1S/C16H25NO2/c1-12(17-11-13-7-8-15(18)10-13)9-14-5-3-4-6-16(14)19-2/h3-6,12-13,15,17-18H,7-11H2,1-2H3. The van der Waals surface area contributed by atoms with Crippen molar-refractivity contribution in [2.45, 2.75) is 44.8 Å². The molecule has 3 atom stereocenters. The Bertz CT molecular complexity index is 394. The molecule has 0 spiro atoms. The first-order chi connectivity index (χ1) is 9.19. The summed E-state index contributed by atoms with van der Waals surface area (Å²) in [7, 11) is 1.72. The molecule has 0 aliphatic heterocycles. The highest BCUT2D eigenvalue weighted by Gasteiger charge is 2.22. The van der Waals surface area contributed by atoms with E-state index in [1.54, 1.807) is 7.11 Å². The lowest BCUT2D eigenvalue weighted by molar-refractivity contribution is 0.177. The molecule has 1 aromatic rings. The third kappa shape index (κ3) is 4.22. The predicted octanol–water partition coefficient (Wildman–Crippen LogP) is 2.38. The van der Waals surface area contributed by atoms with Crippen molar-refractivity contribution in [2.75, 3.05) is 13.7 Å². The van der Waals surface area contributed by atoms with Crippen LogP contribution in [0.1, 0.15) is 31.7 Å². The Morgan fingerprint density at radius 2 is 2.16 bits per heavy atom. The normalized spacial score (nSPS) is 24.4. The molecule has 1 fully saturated rings. The van der Waals surface area contributed by atoms with Crippen LogP contribution < -0.4 is 10.1 Å². The van der Waals surface area contributed by atoms with Gasteiger partial charge < -0.3 is 15.2 Å². The lowest BCUT2D eigenvalue weighted by atomic mass is 10.0. The second-order valence-electron chi connectivity index (χ2n) is 5.66. The van der Waals surface area contributed by atoms with E-state index in [9.17, 15) is 5.11 Å². The summed E-state index contributed by atoms with van der Waals surface area (Å²) in [6, 6.07) is 8.61. The molecule has 3 unspecified atom stereocenters. The van der Waals surface area contributed by atoms with E-state index in [1.807, 2.05) is 12.1 Å². The Morgan fingerprint density at radius 1 is 1.37 bits per heavy atom. The van der Waals surface area contributed by atoms with E-state index in [0.717, 1.165) is 38.0 Å². The van der Waals surface area contributed by atoms with E-state index >= 15 is 0 Å². The Balaban J connectivity index is 1.79. The van der Waals surface area contributed by atoms with Crippen LogP contribution in [-0.4, -0.2) is 30.9 Å². The van der Waals surface area contributed by atoms with Gasteiger partial charge in [-0.15, -0.1) is 0 Å². The Kier molecular flexibility index (Phi) is 5.23. The van der Waals surface area contributed by atoms with Gasteiger partial charge in [-0.05, 0) is 56.7 Å². The zero-order chi connectivity index (χ0) is 13.7. The monoisotopic (exact) mass is 263 g/mol. The van der Waals surface area contributed by atoms with Crippen LogP contribution in [0.5, 0.6) is 5.75 Å². The molecule has 0 saturated heterocycles. The van der Waals surface area contributed by atoms with Crippen molar-refractivity contribution in [3.05, 3.63) is 29.8 Å². The van der Waals surface area contributed by atoms with Gasteiger partial charge in [0, 0.05) is 6.04 Å². The molecular weight excluding hydrogens is 238 g/mol. The van der Waals surface area contributed by atoms with Gasteiger partial charge in [0.15, 0.2) is 0 Å². The van der Waals surface area contributed by atoms with Crippen molar-refractivity contribution in [3.63, 3.8) is 0 Å². The fourth-order valence-corrected chi connectivity index (χ4v) is 2.88. The summed E-state index contributed by atoms with van der Waals surface area (Å²) in [6.07, 6.45) is 3.97. The fourth-order valence-electron chi connectivity index (χ4n) is 2.88. The number of aliphatic hydroxyl groups is 1. The molecular formula is C16H25NO2. The topological polar surface area (TPSA) is 41.5 Å². The van der Waals surface area contributed by atoms with Crippen LogP contribution >= 0.6 is 0 Å². The maximum absolute atomic E-state index is 9.52. The molecule has 2 N–H and O–H groups in total. The van der Waals surface area contributed by atoms with E-state index in [-0.39, 0.29) is 6.10 Å². The van der Waals surface area contributed by atoms with Gasteiger partial charge in [0.2, 0.25) is 0 Å². The highest BCUT2D eigenvalue weighted by Crippen LogP contribution is 2.25. The first-order valence-corrected chi connectivity index (χ1v) is 7.22. The first kappa shape index (κ1) is 14.4. The Hall–Kier alpha value is -1.06. The van der Waals surface area contributed by atoms with Crippen molar-refractivity contribution in [1.29, 1.82) is 0 Å². The van der Waals surface area contributed by atoms with Crippen molar-refractivity contribution >= 4 is 0 Å². The van der Waals surface area contributed by atoms with Crippen LogP contribution in [0.3, 0.4) is 0 Å². The van der Waals surface area contributed by atoms with E-state index in [4.69, 9.17) is 4.74 Å². The molecule has 0 aromatic heterocycles. The fraction of sp³-hybridized carbons (Fsp3) is 0.625. The number of hydrogen-bond donors (Lipinski definition) is 2. The number of rotatable bonds is 6. The molecule has 0 radical (unpaired) electrons. The van der Waals surface area contributed by atoms with Crippen LogP contribution in [0.25, 0.3) is 0 Å². The number of para-hydroxylation sites is 1. The molecule has 1 aromatic carbocycles. The van der Waals surface area contributed by atoms with Gasteiger partial charge in [-0.25, -0.2) is 0 Å². The van der Waals surface area contributed by atoms with Gasteiger partial charge in [0.05, 0.1) is 13.2 Å². The summed E-state index contributed by atoms with van der Waals surface area (Å²) >= 11 is 0. The van der Waals surface area contributed by atoms with Gasteiger partial charge in [-0.3, -0.25) is 0 Å². The summed E-state index contributed by atoms with van der Waals surface area (Å²) in [6.45, 7) is 3.21. The molecule has 1 aliphatic rings. The quantitative estimate of drug-likeness (QED) is 0.828. The first-order valence-electron chi connectivity index (χ1n) is 7.22. The average molecular weight is 263 g/mol. The highest BCUT2D eigenvalue weighted by atomic mass is 16.5. The van der Waals surface area contributed by atoms with Crippen LogP contribution in [0.15, 0.2) is 24.3 Å². The van der Waals surface area contributed by atoms with E-state index in [0.29, 0.717) is 12.0 Å². The lowest BCUT2D eigenvalue weighted by Gasteiger charge is -2.18. The number of benzene rings is 1. The maximum atomic E-state index is 9.52. The summed E-state index contributed by atoms with van der Waals surface area (Å²) in [4.78, 5) is 0. The van der Waals surface area contributed by atoms with Gasteiger partial charge in [-0.2, -0.15) is 0 Å². The van der Waals surface area contributed by atoms with Gasteiger partial charge in [0.25, 0.3) is 0 Å². The zero-order valence-corrected chi connectivity index (χ0v) is 11.9. The number of ether oxygens (including phenoxy) is 1. The molecule has 1 saturated carbocycles. The molecule has 0 heterocycles. The summed E-state index contributed by atoms with van der Waals surface area (Å²) in [5.74, 6) is 1.60. The number of nitrogens with one attached hydrogen (secondary N) is 1. The summed E-state index contributed by atoms with van der Waals surface area (Å²) in [5, 5.41) is 13.1. The Morgan fingerprint density at radius 3 is 2.84 bits per heavy atom. The van der Waals surface area contributed by atoms with E-state index < -0.39 is 0 Å². The zero-order valence-electron chi connectivity index (χ0n) is 11.9. The minimum atomic E-state index is -0.0728. The second-order valence-corrected chi connectivity index (χ2v) is 5.66. The predicted molar refractivity (Wildman–Crippen MR) is 77.5 cm³/mol. The Labute approximate surface area is 116 Å². The molecule has 0 amide bonds. The molecule has 3 heteroatoms. The van der Waals surface area contributed by atoms with Crippen LogP contribution in [-0.2, 0) is 6.42 Å². The largest absolute Gasteiger partial charge is 0.496 e. The molecule has 1 aliphatic carbocycles. The van der Waals surface area contributed by atoms with Crippen molar-refractivity contribution < 1.29 is 9.84 Å². The SMILES string of the molecule is COc1ccccc1CC(C)NCC1CCC(O)C1. The van der Waals surface area contributed by atoms with E-state index in [1.165, 1.54) is 5.56 Å². The van der Waals surface area contributed by atoms with Gasteiger partial charge in [-0.1, -0.05) is 18.2 Å². The minimum absolute atomic E-state index is 0.0728. The molecule has 19 heavy (non-hydrogen) atoms. The average Bonchev–Trinajstić information content (AvgIpc) is 2.83. The summed E-state index contributed by atoms with van der Waals surface area (Å²) in [5.41, 5.74) is 1.25. The maximum Gasteiger partial charge on any atom is 0.122 e. The minimum Gasteiger partial charge on any atom is -0.496 e. The van der Waals surface area contributed by atoms with Crippen molar-refractivity contribution in [3.8, 4) is 5.75 Å². The number of methoxy groups -OCH3 is 1. The second kappa shape index (κ2) is 6.92. The molecule has 3 nitrogen and oxygen atoms in total. The summed E-state index contributed by atoms with van der Waals surface area (Å²) < 4.78 is 5.38. The molecule has 2 rings (SSSR count). The lowest BCUT2D eigenvalue weighted by Crippen LogP contribution is -2.32. The van der Waals surface area contributed by atoms with Gasteiger partial charge >= 0.3 is 0 Å². The smallest absolute Gasteiger partial charge is 0.122 e.